The number of benzene rings is 4. The van der Waals surface area contributed by atoms with E-state index in [9.17, 15) is 0 Å². The summed E-state index contributed by atoms with van der Waals surface area (Å²) < 4.78 is 1.42. The van der Waals surface area contributed by atoms with Crippen LogP contribution in [0.2, 0.25) is 0 Å². The fourth-order valence-electron chi connectivity index (χ4n) is 6.22. The Kier molecular flexibility index (Phi) is 16.1. The van der Waals surface area contributed by atoms with Crippen molar-refractivity contribution in [3.05, 3.63) is 159 Å². The minimum atomic E-state index is 0. The molecular formula is C47H56Cl2Zr-2. The van der Waals surface area contributed by atoms with Gasteiger partial charge in [-0.25, -0.2) is 6.07 Å². The first-order valence-electron chi connectivity index (χ1n) is 17.7. The average Bonchev–Trinajstić information content (AvgIpc) is 3.66. The Hall–Kier alpha value is -2.44. The molecule has 6 rings (SSSR count). The normalized spacial score (nSPS) is 11.8. The van der Waals surface area contributed by atoms with E-state index in [0.29, 0.717) is 5.41 Å². The third-order valence-corrected chi connectivity index (χ3v) is 10.6. The molecule has 3 heteroatoms. The molecule has 0 saturated carbocycles. The van der Waals surface area contributed by atoms with Gasteiger partial charge < -0.3 is 24.8 Å². The van der Waals surface area contributed by atoms with Crippen LogP contribution < -0.4 is 24.8 Å². The van der Waals surface area contributed by atoms with Gasteiger partial charge in [-0.2, -0.15) is 46.5 Å². The van der Waals surface area contributed by atoms with Crippen molar-refractivity contribution in [1.82, 2.24) is 0 Å². The molecule has 1 aliphatic rings. The van der Waals surface area contributed by atoms with Gasteiger partial charge in [0.05, 0.1) is 0 Å². The number of rotatable bonds is 4. The molecule has 0 saturated heterocycles. The molecule has 0 spiro atoms. The summed E-state index contributed by atoms with van der Waals surface area (Å²) in [5.41, 5.74) is 16.2. The molecule has 5 aromatic rings. The predicted octanol–water partition coefficient (Wildman–Crippen LogP) is 6.29. The Bertz CT molecular complexity index is 1700. The monoisotopic (exact) mass is 780 g/mol. The van der Waals surface area contributed by atoms with Crippen molar-refractivity contribution in [2.45, 2.75) is 112 Å². The van der Waals surface area contributed by atoms with E-state index in [4.69, 9.17) is 0 Å². The molecule has 50 heavy (non-hydrogen) atoms. The number of hydrogen-bond donors (Lipinski definition) is 0. The Morgan fingerprint density at radius 1 is 0.640 bits per heavy atom. The summed E-state index contributed by atoms with van der Waals surface area (Å²) in [6, 6.07) is 41.0. The van der Waals surface area contributed by atoms with Crippen LogP contribution in [0, 0.1) is 6.07 Å². The van der Waals surface area contributed by atoms with Crippen LogP contribution in [0.4, 0.5) is 0 Å². The van der Waals surface area contributed by atoms with E-state index in [-0.39, 0.29) is 35.6 Å². The van der Waals surface area contributed by atoms with Crippen molar-refractivity contribution in [2.24, 2.45) is 0 Å². The van der Waals surface area contributed by atoms with Gasteiger partial charge in [0.1, 0.15) is 0 Å². The van der Waals surface area contributed by atoms with Gasteiger partial charge >= 0.3 is 99.2 Å². The summed E-state index contributed by atoms with van der Waals surface area (Å²) in [4.78, 5) is 0. The Morgan fingerprint density at radius 3 is 1.62 bits per heavy atom. The Morgan fingerprint density at radius 2 is 1.18 bits per heavy atom. The van der Waals surface area contributed by atoms with Gasteiger partial charge in [-0.3, -0.25) is 0 Å². The van der Waals surface area contributed by atoms with E-state index in [1.165, 1.54) is 88.6 Å². The molecule has 0 atom stereocenters. The molecule has 0 fully saturated rings. The summed E-state index contributed by atoms with van der Waals surface area (Å²) in [7, 11) is 0. The fraction of sp³-hybridized carbons (Fsp3) is 0.362. The van der Waals surface area contributed by atoms with E-state index in [2.05, 4.69) is 185 Å². The van der Waals surface area contributed by atoms with Gasteiger partial charge in [-0.05, 0) is 28.4 Å². The van der Waals surface area contributed by atoms with Crippen LogP contribution in [0.1, 0.15) is 126 Å². The molecule has 1 aliphatic carbocycles. The van der Waals surface area contributed by atoms with Crippen molar-refractivity contribution >= 4 is 3.21 Å². The predicted molar refractivity (Wildman–Crippen MR) is 207 cm³/mol. The molecule has 0 radical (unpaired) electrons. The molecule has 264 valence electrons. The number of hydrogen-bond acceptors (Lipinski definition) is 0. The molecule has 0 amide bonds. The van der Waals surface area contributed by atoms with Gasteiger partial charge in [0.2, 0.25) is 0 Å². The number of halogens is 2. The summed E-state index contributed by atoms with van der Waals surface area (Å²) >= 11 is 1.46. The number of fused-ring (bicyclic) bond motifs is 3. The topological polar surface area (TPSA) is 0 Å². The zero-order valence-electron chi connectivity index (χ0n) is 32.2. The van der Waals surface area contributed by atoms with Gasteiger partial charge in [0.15, 0.2) is 0 Å². The van der Waals surface area contributed by atoms with Crippen LogP contribution in [-0.2, 0) is 59.7 Å². The van der Waals surface area contributed by atoms with E-state index < -0.39 is 0 Å². The summed E-state index contributed by atoms with van der Waals surface area (Å²) in [5, 5.41) is 0. The zero-order chi connectivity index (χ0) is 35.3. The van der Waals surface area contributed by atoms with Gasteiger partial charge in [0.25, 0.3) is 0 Å². The van der Waals surface area contributed by atoms with E-state index in [0.717, 1.165) is 19.3 Å². The SMILES string of the molecule is CC(C)(C)c1[c-]c2c(cc1)-c1ccc(C(C)(C)C)cc1C2.CCc1cc(C(C)(C)C)c(CC)[cH-]1.[Cl-].[Cl-].[Zr+2]=[C](c1ccccc1)c1ccccc1. The molecule has 0 nitrogen and oxygen atoms in total. The first-order chi connectivity index (χ1) is 22.5. The molecule has 0 N–H and O–H groups in total. The molecule has 5 aromatic carbocycles. The molecular weight excluding hydrogens is 727 g/mol. The van der Waals surface area contributed by atoms with Crippen LogP contribution in [0.5, 0.6) is 0 Å². The van der Waals surface area contributed by atoms with Crippen LogP contribution in [-0.4, -0.2) is 3.21 Å². The second-order valence-corrected chi connectivity index (χ2v) is 17.4. The third-order valence-electron chi connectivity index (χ3n) is 9.22. The van der Waals surface area contributed by atoms with Gasteiger partial charge in [0, 0.05) is 0 Å². The quantitative estimate of drug-likeness (QED) is 0.185. The van der Waals surface area contributed by atoms with Crippen molar-refractivity contribution in [2.75, 3.05) is 0 Å². The third kappa shape index (κ3) is 11.3. The van der Waals surface area contributed by atoms with Crippen LogP contribution in [0.25, 0.3) is 11.1 Å². The Balaban J connectivity index is 0.000000265. The summed E-state index contributed by atoms with van der Waals surface area (Å²) in [5.74, 6) is 0. The molecule has 0 unspecified atom stereocenters. The summed E-state index contributed by atoms with van der Waals surface area (Å²) in [6.07, 6.45) is 3.34. The average molecular weight is 783 g/mol. The Labute approximate surface area is 332 Å². The van der Waals surface area contributed by atoms with Crippen molar-refractivity contribution in [3.63, 3.8) is 0 Å². The van der Waals surface area contributed by atoms with E-state index in [1.807, 2.05) is 0 Å². The molecule has 0 bridgehead atoms. The minimum absolute atomic E-state index is 0. The van der Waals surface area contributed by atoms with Gasteiger partial charge in [-0.15, -0.1) is 11.1 Å². The number of aryl methyl sites for hydroxylation is 2. The maximum absolute atomic E-state index is 3.67. The first-order valence-corrected chi connectivity index (χ1v) is 18.9. The first kappa shape index (κ1) is 43.7. The van der Waals surface area contributed by atoms with Crippen LogP contribution in [0.3, 0.4) is 0 Å². The molecule has 0 heterocycles. The van der Waals surface area contributed by atoms with Crippen LogP contribution >= 0.6 is 0 Å². The van der Waals surface area contributed by atoms with Gasteiger partial charge in [-0.1, -0.05) is 118 Å². The van der Waals surface area contributed by atoms with E-state index >= 15 is 0 Å². The molecule has 0 aromatic heterocycles. The maximum atomic E-state index is 3.67. The summed E-state index contributed by atoms with van der Waals surface area (Å²) in [6.45, 7) is 24.9. The van der Waals surface area contributed by atoms with Crippen molar-refractivity contribution in [1.29, 1.82) is 0 Å². The standard InChI is InChI=1S/C21H25.C13H10.C13H21.2ClH.Zr/c1-20(2,3)16-7-9-18-14(12-16)11-15-13-17(21(4,5)6)8-10-19(15)18;1-3-7-12(8-4-1)11-13-9-5-2-6-10-13;1-6-10-8-11(7-2)12(9-10)13(3,4)5;;;/h7-10,12H,11H2,1-6H3;1-10H;8-9H,6-7H2,1-5H3;2*1H;/q-1;;-1;;;+2/p-2. The second kappa shape index (κ2) is 18.4. The molecule has 0 aliphatic heterocycles. The second-order valence-electron chi connectivity index (χ2n) is 16.2. The van der Waals surface area contributed by atoms with Crippen LogP contribution in [0.15, 0.2) is 103 Å². The zero-order valence-corrected chi connectivity index (χ0v) is 36.2. The van der Waals surface area contributed by atoms with Crippen molar-refractivity contribution in [3.8, 4) is 11.1 Å². The fourth-order valence-corrected chi connectivity index (χ4v) is 7.04. The van der Waals surface area contributed by atoms with E-state index in [1.54, 1.807) is 0 Å². The van der Waals surface area contributed by atoms with Crippen molar-refractivity contribution < 1.29 is 49.0 Å².